The van der Waals surface area contributed by atoms with Crippen molar-refractivity contribution in [2.45, 2.75) is 13.5 Å². The summed E-state index contributed by atoms with van der Waals surface area (Å²) >= 11 is 17.8. The normalized spacial score (nSPS) is 10.6. The quantitative estimate of drug-likeness (QED) is 0.784. The lowest BCUT2D eigenvalue weighted by atomic mass is 10.2. The molecule has 0 saturated heterocycles. The summed E-state index contributed by atoms with van der Waals surface area (Å²) in [6, 6.07) is 4.62. The topological polar surface area (TPSA) is 62.5 Å². The highest BCUT2D eigenvalue weighted by atomic mass is 35.5. The fourth-order valence-corrected chi connectivity index (χ4v) is 2.26. The van der Waals surface area contributed by atoms with Gasteiger partial charge >= 0.3 is 5.97 Å². The van der Waals surface area contributed by atoms with Crippen molar-refractivity contribution < 1.29 is 14.3 Å². The van der Waals surface area contributed by atoms with Gasteiger partial charge in [0.15, 0.2) is 0 Å². The Morgan fingerprint density at radius 3 is 2.45 bits per heavy atom. The monoisotopic (exact) mass is 333 g/mol. The molecule has 20 heavy (non-hydrogen) atoms. The van der Waals surface area contributed by atoms with E-state index in [0.29, 0.717) is 33.1 Å². The zero-order valence-electron chi connectivity index (χ0n) is 10.3. The number of nitrogens with one attached hydrogen (secondary N) is 1. The lowest BCUT2D eigenvalue weighted by Gasteiger charge is -2.09. The van der Waals surface area contributed by atoms with Crippen LogP contribution < -0.4 is 5.32 Å². The molecule has 0 spiro atoms. The van der Waals surface area contributed by atoms with E-state index in [9.17, 15) is 4.79 Å². The Bertz CT molecular complexity index is 667. The lowest BCUT2D eigenvalue weighted by Crippen LogP contribution is -2.00. The van der Waals surface area contributed by atoms with Crippen LogP contribution in [-0.4, -0.2) is 11.1 Å². The van der Waals surface area contributed by atoms with Gasteiger partial charge in [0.05, 0.1) is 20.8 Å². The van der Waals surface area contributed by atoms with Gasteiger partial charge in [-0.3, -0.25) is 0 Å². The summed E-state index contributed by atoms with van der Waals surface area (Å²) < 4.78 is 5.12. The second-order valence-electron chi connectivity index (χ2n) is 4.10. The first-order valence-corrected chi connectivity index (χ1v) is 6.73. The maximum atomic E-state index is 10.8. The highest BCUT2D eigenvalue weighted by Gasteiger charge is 2.13. The van der Waals surface area contributed by atoms with E-state index in [1.165, 1.54) is 6.07 Å². The van der Waals surface area contributed by atoms with E-state index in [-0.39, 0.29) is 5.76 Å². The van der Waals surface area contributed by atoms with Crippen LogP contribution >= 0.6 is 34.8 Å². The highest BCUT2D eigenvalue weighted by molar-refractivity contribution is 6.44. The minimum absolute atomic E-state index is 0.0977. The molecular formula is C13H10Cl3NO3. The van der Waals surface area contributed by atoms with Crippen LogP contribution in [0.1, 0.15) is 21.9 Å². The van der Waals surface area contributed by atoms with Crippen LogP contribution in [0.25, 0.3) is 0 Å². The first kappa shape index (κ1) is 15.0. The molecule has 0 saturated carbocycles. The Labute approximate surface area is 130 Å². The summed E-state index contributed by atoms with van der Waals surface area (Å²) in [6.45, 7) is 2.06. The number of aromatic carboxylic acids is 1. The highest BCUT2D eigenvalue weighted by Crippen LogP contribution is 2.32. The van der Waals surface area contributed by atoms with Crippen LogP contribution in [0, 0.1) is 6.92 Å². The summed E-state index contributed by atoms with van der Waals surface area (Å²) in [6.07, 6.45) is 0. The van der Waals surface area contributed by atoms with Gasteiger partial charge in [0.2, 0.25) is 5.76 Å². The van der Waals surface area contributed by atoms with Crippen LogP contribution in [0.2, 0.25) is 15.1 Å². The summed E-state index contributed by atoms with van der Waals surface area (Å²) in [5.74, 6) is -0.669. The molecule has 0 bridgehead atoms. The second-order valence-corrected chi connectivity index (χ2v) is 5.32. The molecule has 0 atom stereocenters. The Morgan fingerprint density at radius 1 is 1.20 bits per heavy atom. The second kappa shape index (κ2) is 5.95. The number of halogens is 3. The van der Waals surface area contributed by atoms with Gasteiger partial charge in [0.1, 0.15) is 5.76 Å². The third kappa shape index (κ3) is 3.20. The number of hydrogen-bond acceptors (Lipinski definition) is 3. The van der Waals surface area contributed by atoms with Gasteiger partial charge in [0, 0.05) is 12.1 Å². The van der Waals surface area contributed by atoms with Gasteiger partial charge < -0.3 is 14.8 Å². The van der Waals surface area contributed by atoms with Crippen LogP contribution in [0.15, 0.2) is 22.6 Å². The van der Waals surface area contributed by atoms with Gasteiger partial charge in [-0.2, -0.15) is 0 Å². The van der Waals surface area contributed by atoms with E-state index in [4.69, 9.17) is 44.3 Å². The van der Waals surface area contributed by atoms with Crippen molar-refractivity contribution in [1.82, 2.24) is 0 Å². The van der Waals surface area contributed by atoms with Crippen molar-refractivity contribution in [3.63, 3.8) is 0 Å². The predicted octanol–water partition coefficient (Wildman–Crippen LogP) is 4.86. The number of hydrogen-bond donors (Lipinski definition) is 2. The van der Waals surface area contributed by atoms with Crippen LogP contribution in [0.4, 0.5) is 5.69 Å². The number of rotatable bonds is 4. The zero-order valence-corrected chi connectivity index (χ0v) is 12.6. The molecule has 106 valence electrons. The summed E-state index contributed by atoms with van der Waals surface area (Å²) in [5, 5.41) is 13.1. The Morgan fingerprint density at radius 2 is 1.85 bits per heavy atom. The average molecular weight is 335 g/mol. The van der Waals surface area contributed by atoms with E-state index in [1.807, 2.05) is 0 Å². The molecule has 0 unspecified atom stereocenters. The number of furan rings is 1. The van der Waals surface area contributed by atoms with Crippen LogP contribution in [0.3, 0.4) is 0 Å². The molecule has 7 heteroatoms. The van der Waals surface area contributed by atoms with Crippen LogP contribution in [0.5, 0.6) is 0 Å². The number of carboxylic acid groups (broad SMARTS) is 1. The molecule has 0 fully saturated rings. The first-order chi connectivity index (χ1) is 9.38. The van der Waals surface area contributed by atoms with Crippen molar-refractivity contribution in [3.05, 3.63) is 50.4 Å². The molecule has 1 aromatic carbocycles. The summed E-state index contributed by atoms with van der Waals surface area (Å²) in [4.78, 5) is 10.8. The maximum absolute atomic E-state index is 10.8. The fraction of sp³-hybridized carbons (Fsp3) is 0.154. The van der Waals surface area contributed by atoms with Gasteiger partial charge in [-0.15, -0.1) is 0 Å². The summed E-state index contributed by atoms with van der Waals surface area (Å²) in [7, 11) is 0. The van der Waals surface area contributed by atoms with Crippen molar-refractivity contribution in [2.75, 3.05) is 5.32 Å². The fourth-order valence-electron chi connectivity index (χ4n) is 1.65. The van der Waals surface area contributed by atoms with Gasteiger partial charge in [-0.05, 0) is 25.1 Å². The minimum atomic E-state index is -1.10. The van der Waals surface area contributed by atoms with Gasteiger partial charge in [0.25, 0.3) is 0 Å². The molecule has 0 aliphatic heterocycles. The van der Waals surface area contributed by atoms with E-state index in [0.717, 1.165) is 5.56 Å². The predicted molar refractivity (Wildman–Crippen MR) is 79.2 cm³/mol. The average Bonchev–Trinajstić information content (AvgIpc) is 2.74. The molecule has 0 radical (unpaired) electrons. The summed E-state index contributed by atoms with van der Waals surface area (Å²) in [5.41, 5.74) is 1.34. The lowest BCUT2D eigenvalue weighted by molar-refractivity contribution is 0.0661. The number of carboxylic acids is 1. The SMILES string of the molecule is Cc1oc(C(=O)O)cc1CNc1cc(Cl)c(Cl)cc1Cl. The molecule has 2 N–H and O–H groups in total. The van der Waals surface area contributed by atoms with Crippen LogP contribution in [-0.2, 0) is 6.54 Å². The Hall–Kier alpha value is -1.36. The van der Waals surface area contributed by atoms with Gasteiger partial charge in [-0.1, -0.05) is 34.8 Å². The largest absolute Gasteiger partial charge is 0.475 e. The molecule has 0 amide bonds. The third-order valence-electron chi connectivity index (χ3n) is 2.71. The number of anilines is 1. The van der Waals surface area contributed by atoms with E-state index in [2.05, 4.69) is 5.32 Å². The molecule has 1 aromatic heterocycles. The third-order valence-corrected chi connectivity index (χ3v) is 3.75. The first-order valence-electron chi connectivity index (χ1n) is 5.59. The van der Waals surface area contributed by atoms with Crippen molar-refractivity contribution in [2.24, 2.45) is 0 Å². The molecule has 4 nitrogen and oxygen atoms in total. The Kier molecular flexibility index (Phi) is 4.48. The zero-order chi connectivity index (χ0) is 14.9. The molecule has 1 heterocycles. The van der Waals surface area contributed by atoms with Crippen molar-refractivity contribution >= 4 is 46.5 Å². The van der Waals surface area contributed by atoms with E-state index < -0.39 is 5.97 Å². The smallest absolute Gasteiger partial charge is 0.371 e. The molecular weight excluding hydrogens is 325 g/mol. The van der Waals surface area contributed by atoms with Crippen molar-refractivity contribution in [1.29, 1.82) is 0 Å². The molecule has 2 rings (SSSR count). The van der Waals surface area contributed by atoms with E-state index in [1.54, 1.807) is 19.1 Å². The maximum Gasteiger partial charge on any atom is 0.371 e. The van der Waals surface area contributed by atoms with Crippen molar-refractivity contribution in [3.8, 4) is 0 Å². The Balaban J connectivity index is 2.17. The number of benzene rings is 1. The van der Waals surface area contributed by atoms with Gasteiger partial charge in [-0.25, -0.2) is 4.79 Å². The number of carbonyl (C=O) groups is 1. The molecule has 0 aliphatic carbocycles. The standard InChI is InChI=1S/C13H10Cl3NO3/c1-6-7(2-12(20-6)13(18)19)5-17-11-4-9(15)8(14)3-10(11)16/h2-4,17H,5H2,1H3,(H,18,19). The number of aryl methyl sites for hydroxylation is 1. The van der Waals surface area contributed by atoms with E-state index >= 15 is 0 Å². The molecule has 0 aliphatic rings. The minimum Gasteiger partial charge on any atom is -0.475 e. The molecule has 2 aromatic rings.